The maximum Gasteiger partial charge on any atom is 0.472 e. The Bertz CT molecular complexity index is 1650. The minimum atomic E-state index is -4.94. The third-order valence-electron chi connectivity index (χ3n) is 14.7. The van der Waals surface area contributed by atoms with Crippen LogP contribution in [-0.2, 0) is 65.4 Å². The normalized spacial score (nSPS) is 14.8. The van der Waals surface area contributed by atoms with Crippen LogP contribution in [-0.4, -0.2) is 96.7 Å². The summed E-state index contributed by atoms with van der Waals surface area (Å²) in [6.07, 6.45) is 32.3. The number of hydrogen-bond donors (Lipinski definition) is 3. The number of rotatable bonds is 60. The van der Waals surface area contributed by atoms with Crippen LogP contribution in [0.25, 0.3) is 0 Å². The molecule has 3 N–H and O–H groups in total. The van der Waals surface area contributed by atoms with Gasteiger partial charge < -0.3 is 33.8 Å². The molecule has 0 spiro atoms. The highest BCUT2D eigenvalue weighted by Crippen LogP contribution is 2.45. The third-order valence-corrected chi connectivity index (χ3v) is 16.6. The minimum absolute atomic E-state index is 0.102. The van der Waals surface area contributed by atoms with Crippen LogP contribution < -0.4 is 0 Å². The molecule has 0 heterocycles. The Kier molecular flexibility index (Phi) is 52.0. The van der Waals surface area contributed by atoms with Gasteiger partial charge >= 0.3 is 39.5 Å². The van der Waals surface area contributed by atoms with E-state index in [0.717, 1.165) is 115 Å². The Morgan fingerprint density at radius 2 is 0.585 bits per heavy atom. The quantitative estimate of drug-likeness (QED) is 0.0222. The molecule has 0 saturated carbocycles. The first-order valence-electron chi connectivity index (χ1n) is 32.7. The Labute approximate surface area is 498 Å². The van der Waals surface area contributed by atoms with E-state index in [-0.39, 0.29) is 25.7 Å². The molecule has 486 valence electrons. The van der Waals surface area contributed by atoms with Gasteiger partial charge in [-0.25, -0.2) is 9.13 Å². The highest BCUT2D eigenvalue weighted by molar-refractivity contribution is 7.47. The zero-order valence-electron chi connectivity index (χ0n) is 53.1. The van der Waals surface area contributed by atoms with Crippen LogP contribution in [0.2, 0.25) is 0 Å². The largest absolute Gasteiger partial charge is 0.472 e. The molecule has 19 heteroatoms. The van der Waals surface area contributed by atoms with Gasteiger partial charge in [0.2, 0.25) is 0 Å². The van der Waals surface area contributed by atoms with E-state index in [1.807, 2.05) is 0 Å². The summed E-state index contributed by atoms with van der Waals surface area (Å²) in [7, 11) is -9.89. The van der Waals surface area contributed by atoms with Gasteiger partial charge in [0.1, 0.15) is 19.3 Å². The van der Waals surface area contributed by atoms with Crippen LogP contribution in [0.15, 0.2) is 0 Å². The number of phosphoric acid groups is 2. The predicted molar refractivity (Wildman–Crippen MR) is 326 cm³/mol. The van der Waals surface area contributed by atoms with Crippen molar-refractivity contribution >= 4 is 39.5 Å². The second kappa shape index (κ2) is 53.3. The molecule has 17 nitrogen and oxygen atoms in total. The topological polar surface area (TPSA) is 237 Å². The average molecular weight is 1210 g/mol. The molecular formula is C63H122O17P2. The number of esters is 4. The standard InChI is InChI=1S/C63H122O17P2/c1-9-56(8)42-34-26-21-22-28-36-44-61(66)74-50-59(79-62(67)45-37-29-18-12-10-11-15-23-31-39-53(2)3)52-78-82(71,72)76-48-57(64)47-75-81(69,70)77-51-58(80-63(68)46-38-30-20-14-17-25-33-41-55(6)7)49-73-60(65)43-35-27-19-13-16-24-32-40-54(4)5/h53-59,64H,9-52H2,1-8H3,(H,69,70)(H,71,72)/t56?,57-,58-,59-/m1/s1. The third kappa shape index (κ3) is 55.9. The molecule has 0 aliphatic carbocycles. The lowest BCUT2D eigenvalue weighted by Crippen LogP contribution is -2.30. The van der Waals surface area contributed by atoms with E-state index in [1.165, 1.54) is 89.9 Å². The SMILES string of the molecule is CCC(C)CCCCCCCCC(=O)OC[C@H](COP(=O)(O)OC[C@H](O)COP(=O)(O)OC[C@@H](COC(=O)CCCCCCCCCC(C)C)OC(=O)CCCCCCCCCC(C)C)OC(=O)CCCCCCCCCCCC(C)C. The van der Waals surface area contributed by atoms with Gasteiger partial charge in [-0.15, -0.1) is 0 Å². The van der Waals surface area contributed by atoms with Crippen LogP contribution in [0.4, 0.5) is 0 Å². The first kappa shape index (κ1) is 80.1. The van der Waals surface area contributed by atoms with E-state index < -0.39 is 97.5 Å². The fourth-order valence-corrected chi connectivity index (χ4v) is 10.8. The summed E-state index contributed by atoms with van der Waals surface area (Å²) >= 11 is 0. The number of unbranched alkanes of at least 4 members (excludes halogenated alkanes) is 25. The highest BCUT2D eigenvalue weighted by Gasteiger charge is 2.30. The summed E-state index contributed by atoms with van der Waals surface area (Å²) in [4.78, 5) is 72.1. The van der Waals surface area contributed by atoms with Crippen molar-refractivity contribution in [3.05, 3.63) is 0 Å². The molecule has 0 saturated heterocycles. The molecular weight excluding hydrogens is 1090 g/mol. The van der Waals surface area contributed by atoms with E-state index in [0.29, 0.717) is 37.5 Å². The van der Waals surface area contributed by atoms with E-state index >= 15 is 0 Å². The minimum Gasteiger partial charge on any atom is -0.462 e. The van der Waals surface area contributed by atoms with Crippen LogP contribution >= 0.6 is 15.6 Å². The lowest BCUT2D eigenvalue weighted by atomic mass is 10.00. The smallest absolute Gasteiger partial charge is 0.462 e. The summed E-state index contributed by atoms with van der Waals surface area (Å²) in [5.41, 5.74) is 0. The second-order valence-electron chi connectivity index (χ2n) is 24.5. The lowest BCUT2D eigenvalue weighted by Gasteiger charge is -2.21. The summed E-state index contributed by atoms with van der Waals surface area (Å²) in [5, 5.41) is 10.5. The average Bonchev–Trinajstić information content (AvgIpc) is 3.44. The maximum atomic E-state index is 13.0. The monoisotopic (exact) mass is 1210 g/mol. The van der Waals surface area contributed by atoms with Crippen LogP contribution in [0.3, 0.4) is 0 Å². The summed E-state index contributed by atoms with van der Waals surface area (Å²) in [6.45, 7) is 13.9. The van der Waals surface area contributed by atoms with E-state index in [2.05, 4.69) is 55.4 Å². The Morgan fingerprint density at radius 1 is 0.341 bits per heavy atom. The number of aliphatic hydroxyl groups excluding tert-OH is 1. The molecule has 0 fully saturated rings. The zero-order chi connectivity index (χ0) is 61.1. The van der Waals surface area contributed by atoms with Crippen molar-refractivity contribution in [2.24, 2.45) is 23.7 Å². The van der Waals surface area contributed by atoms with E-state index in [9.17, 15) is 43.2 Å². The van der Waals surface area contributed by atoms with Gasteiger partial charge in [0.25, 0.3) is 0 Å². The molecule has 82 heavy (non-hydrogen) atoms. The molecule has 0 aromatic rings. The molecule has 3 unspecified atom stereocenters. The molecule has 6 atom stereocenters. The molecule has 0 amide bonds. The van der Waals surface area contributed by atoms with Crippen molar-refractivity contribution in [2.45, 2.75) is 318 Å². The Balaban J connectivity index is 5.26. The number of carbonyl (C=O) groups is 4. The molecule has 0 rings (SSSR count). The lowest BCUT2D eigenvalue weighted by molar-refractivity contribution is -0.161. The highest BCUT2D eigenvalue weighted by atomic mass is 31.2. The van der Waals surface area contributed by atoms with Crippen LogP contribution in [0.5, 0.6) is 0 Å². The van der Waals surface area contributed by atoms with Crippen molar-refractivity contribution in [2.75, 3.05) is 39.6 Å². The number of phosphoric ester groups is 2. The zero-order valence-corrected chi connectivity index (χ0v) is 54.9. The van der Waals surface area contributed by atoms with E-state index in [1.54, 1.807) is 0 Å². The summed E-state index contributed by atoms with van der Waals surface area (Å²) in [5.74, 6) is 0.724. The summed E-state index contributed by atoms with van der Waals surface area (Å²) in [6, 6.07) is 0. The molecule has 0 radical (unpaired) electrons. The van der Waals surface area contributed by atoms with Gasteiger partial charge in [-0.3, -0.25) is 37.3 Å². The number of carbonyl (C=O) groups excluding carboxylic acids is 4. The van der Waals surface area contributed by atoms with Crippen LogP contribution in [0, 0.1) is 23.7 Å². The van der Waals surface area contributed by atoms with Gasteiger partial charge in [-0.05, 0) is 49.4 Å². The second-order valence-corrected chi connectivity index (χ2v) is 27.4. The molecule has 0 aliphatic heterocycles. The Morgan fingerprint density at radius 3 is 0.866 bits per heavy atom. The first-order valence-corrected chi connectivity index (χ1v) is 35.7. The van der Waals surface area contributed by atoms with Crippen molar-refractivity contribution < 1.29 is 80.2 Å². The van der Waals surface area contributed by atoms with Gasteiger partial charge in [-0.2, -0.15) is 0 Å². The van der Waals surface area contributed by atoms with Gasteiger partial charge in [0.05, 0.1) is 26.4 Å². The van der Waals surface area contributed by atoms with Gasteiger partial charge in [0.15, 0.2) is 12.2 Å². The fraction of sp³-hybridized carbons (Fsp3) is 0.937. The number of hydrogen-bond acceptors (Lipinski definition) is 15. The fourth-order valence-electron chi connectivity index (χ4n) is 9.22. The van der Waals surface area contributed by atoms with E-state index in [4.69, 9.17) is 37.0 Å². The van der Waals surface area contributed by atoms with Gasteiger partial charge in [0, 0.05) is 25.7 Å². The van der Waals surface area contributed by atoms with Crippen LogP contribution in [0.1, 0.15) is 299 Å². The number of aliphatic hydroxyl groups is 1. The predicted octanol–water partition coefficient (Wildman–Crippen LogP) is 17.0. The molecule has 0 aromatic carbocycles. The maximum absolute atomic E-state index is 13.0. The van der Waals surface area contributed by atoms with Crippen molar-refractivity contribution in [1.29, 1.82) is 0 Å². The molecule has 0 aliphatic rings. The van der Waals surface area contributed by atoms with Crippen molar-refractivity contribution in [3.8, 4) is 0 Å². The van der Waals surface area contributed by atoms with Crippen molar-refractivity contribution in [1.82, 2.24) is 0 Å². The van der Waals surface area contributed by atoms with Crippen molar-refractivity contribution in [3.63, 3.8) is 0 Å². The first-order chi connectivity index (χ1) is 39.1. The summed E-state index contributed by atoms with van der Waals surface area (Å²) < 4.78 is 67.9. The molecule has 0 bridgehead atoms. The molecule has 0 aromatic heterocycles. The van der Waals surface area contributed by atoms with Gasteiger partial charge in [-0.1, -0.05) is 248 Å². The number of ether oxygens (including phenoxy) is 4. The Hall–Kier alpha value is -1.94.